The van der Waals surface area contributed by atoms with E-state index in [0.717, 1.165) is 5.56 Å². The zero-order chi connectivity index (χ0) is 22.8. The number of aromatic amines is 1. The number of esters is 1. The van der Waals surface area contributed by atoms with Gasteiger partial charge in [-0.25, -0.2) is 9.78 Å². The quantitative estimate of drug-likeness (QED) is 0.288. The Morgan fingerprint density at radius 3 is 2.62 bits per heavy atom. The maximum absolute atomic E-state index is 13.2. The van der Waals surface area contributed by atoms with Crippen molar-refractivity contribution in [3.63, 3.8) is 0 Å². The molecule has 0 spiro atoms. The Labute approximate surface area is 193 Å². The number of fused-ring (bicyclic) bond motifs is 1. The van der Waals surface area contributed by atoms with Crippen molar-refractivity contribution in [3.05, 3.63) is 91.9 Å². The third-order valence-corrected chi connectivity index (χ3v) is 6.47. The molecule has 0 bridgehead atoms. The number of H-pyrrole nitrogens is 1. The van der Waals surface area contributed by atoms with E-state index in [9.17, 15) is 14.7 Å². The molecule has 0 radical (unpaired) electrons. The minimum atomic E-state index is -0.696. The minimum absolute atomic E-state index is 0.0848. The molecule has 1 atom stereocenters. The molecule has 1 aliphatic rings. The Morgan fingerprint density at radius 2 is 1.94 bits per heavy atom. The highest BCUT2D eigenvalue weighted by Gasteiger charge is 2.36. The molecular weight excluding hydrogens is 450 g/mol. The van der Waals surface area contributed by atoms with Gasteiger partial charge in [0.25, 0.3) is 5.56 Å². The molecule has 2 heterocycles. The lowest BCUT2D eigenvalue weighted by Crippen LogP contribution is -2.30. The zero-order valence-electron chi connectivity index (χ0n) is 17.3. The van der Waals surface area contributed by atoms with Gasteiger partial charge in [0, 0.05) is 16.5 Å². The zero-order valence-corrected chi connectivity index (χ0v) is 18.9. The summed E-state index contributed by atoms with van der Waals surface area (Å²) in [7, 11) is 1.29. The number of hydrogen-bond donors (Lipinski definition) is 3. The number of phenolic OH excluding ortho intramolecular Hbond substituents is 1. The van der Waals surface area contributed by atoms with Crippen LogP contribution in [-0.4, -0.2) is 28.2 Å². The van der Waals surface area contributed by atoms with E-state index < -0.39 is 11.9 Å². The number of hydrogen-bond acceptors (Lipinski definition) is 7. The summed E-state index contributed by atoms with van der Waals surface area (Å²) in [4.78, 5) is 33.2. The van der Waals surface area contributed by atoms with Crippen molar-refractivity contribution in [2.24, 2.45) is 0 Å². The van der Waals surface area contributed by atoms with Crippen molar-refractivity contribution in [2.75, 3.05) is 12.4 Å². The molecule has 3 N–H and O–H groups in total. The van der Waals surface area contributed by atoms with Crippen molar-refractivity contribution < 1.29 is 14.6 Å². The van der Waals surface area contributed by atoms with E-state index in [2.05, 4.69) is 15.3 Å². The highest BCUT2D eigenvalue weighted by molar-refractivity contribution is 7.98. The van der Waals surface area contributed by atoms with Crippen LogP contribution in [0.1, 0.15) is 29.5 Å². The Morgan fingerprint density at radius 1 is 1.22 bits per heavy atom. The van der Waals surface area contributed by atoms with Gasteiger partial charge in [0.1, 0.15) is 11.6 Å². The number of ether oxygens (including phenoxy) is 1. The summed E-state index contributed by atoms with van der Waals surface area (Å²) in [6.45, 7) is 1.74. The molecule has 7 nitrogen and oxygen atoms in total. The smallest absolute Gasteiger partial charge is 0.336 e. The fourth-order valence-corrected chi connectivity index (χ4v) is 4.79. The summed E-state index contributed by atoms with van der Waals surface area (Å²) < 4.78 is 4.98. The summed E-state index contributed by atoms with van der Waals surface area (Å²) in [5.74, 6) is -0.251. The highest BCUT2D eigenvalue weighted by atomic mass is 35.5. The predicted octanol–water partition coefficient (Wildman–Crippen LogP) is 4.43. The maximum Gasteiger partial charge on any atom is 0.336 e. The molecule has 3 aromatic rings. The number of methoxy groups -OCH3 is 1. The number of aromatic hydroxyl groups is 1. The molecule has 1 aliphatic heterocycles. The molecule has 2 aromatic carbocycles. The molecule has 4 rings (SSSR count). The van der Waals surface area contributed by atoms with Crippen LogP contribution in [0.25, 0.3) is 0 Å². The van der Waals surface area contributed by atoms with Gasteiger partial charge >= 0.3 is 5.97 Å². The molecule has 0 aliphatic carbocycles. The van der Waals surface area contributed by atoms with Gasteiger partial charge in [-0.05, 0) is 36.2 Å². The van der Waals surface area contributed by atoms with Crippen LogP contribution in [0.4, 0.5) is 5.82 Å². The van der Waals surface area contributed by atoms with Gasteiger partial charge < -0.3 is 20.1 Å². The Balaban J connectivity index is 1.76. The average Bonchev–Trinajstić information content (AvgIpc) is 2.77. The van der Waals surface area contributed by atoms with E-state index in [1.54, 1.807) is 19.1 Å². The number of carbonyl (C=O) groups is 1. The van der Waals surface area contributed by atoms with Gasteiger partial charge in [-0.15, -0.1) is 0 Å². The number of anilines is 1. The van der Waals surface area contributed by atoms with E-state index in [1.807, 2.05) is 24.3 Å². The van der Waals surface area contributed by atoms with Crippen molar-refractivity contribution >= 4 is 35.1 Å². The first-order chi connectivity index (χ1) is 15.4. The molecule has 164 valence electrons. The highest BCUT2D eigenvalue weighted by Crippen LogP contribution is 2.40. The van der Waals surface area contributed by atoms with E-state index >= 15 is 0 Å². The first-order valence-electron chi connectivity index (χ1n) is 9.74. The molecular formula is C23H20ClN3O4S. The van der Waals surface area contributed by atoms with Crippen LogP contribution < -0.4 is 10.9 Å². The molecule has 9 heteroatoms. The number of carbonyl (C=O) groups excluding carboxylic acids is 1. The monoisotopic (exact) mass is 469 g/mol. The normalized spacial score (nSPS) is 15.2. The Kier molecular flexibility index (Phi) is 6.25. The van der Waals surface area contributed by atoms with Crippen molar-refractivity contribution in [3.8, 4) is 5.75 Å². The van der Waals surface area contributed by atoms with Crippen LogP contribution in [0.3, 0.4) is 0 Å². The van der Waals surface area contributed by atoms with E-state index in [4.69, 9.17) is 16.3 Å². The number of rotatable bonds is 5. The standard InChI is InChI=1S/C23H20ClN3O4S/c1-12-17(22(30)31-2)18(13-7-9-15(28)10-8-13)19-20(25-12)26-23(27-21(19)29)32-11-14-5-3-4-6-16(14)24/h3-10,18,28H,11H2,1-2H3,(H2,25,26,27,29). The summed E-state index contributed by atoms with van der Waals surface area (Å²) in [5.41, 5.74) is 2.39. The van der Waals surface area contributed by atoms with E-state index in [1.165, 1.54) is 31.0 Å². The second kappa shape index (κ2) is 9.10. The predicted molar refractivity (Wildman–Crippen MR) is 124 cm³/mol. The van der Waals surface area contributed by atoms with Crippen LogP contribution in [0.2, 0.25) is 5.02 Å². The second-order valence-electron chi connectivity index (χ2n) is 7.19. The number of benzene rings is 2. The van der Waals surface area contributed by atoms with Gasteiger partial charge in [0.2, 0.25) is 0 Å². The van der Waals surface area contributed by atoms with Gasteiger partial charge in [0.05, 0.1) is 24.2 Å². The molecule has 0 amide bonds. The first kappa shape index (κ1) is 22.0. The van der Waals surface area contributed by atoms with Gasteiger partial charge in [-0.2, -0.15) is 0 Å². The van der Waals surface area contributed by atoms with E-state index in [-0.39, 0.29) is 11.3 Å². The number of aromatic nitrogens is 2. The van der Waals surface area contributed by atoms with Crippen LogP contribution in [-0.2, 0) is 15.3 Å². The van der Waals surface area contributed by atoms with E-state index in [0.29, 0.717) is 44.1 Å². The van der Waals surface area contributed by atoms with Gasteiger partial charge in [-0.3, -0.25) is 4.79 Å². The topological polar surface area (TPSA) is 104 Å². The fraction of sp³-hybridized carbons (Fsp3) is 0.174. The molecule has 0 saturated heterocycles. The van der Waals surface area contributed by atoms with Gasteiger partial charge in [-0.1, -0.05) is 53.7 Å². The molecule has 1 unspecified atom stereocenters. The number of nitrogens with one attached hydrogen (secondary N) is 2. The summed E-state index contributed by atoms with van der Waals surface area (Å²) in [6, 6.07) is 13.9. The lowest BCUT2D eigenvalue weighted by Gasteiger charge is -2.28. The molecule has 1 aromatic heterocycles. The SMILES string of the molecule is COC(=O)C1=C(C)Nc2nc(SCc3ccccc3Cl)[nH]c(=O)c2C1c1ccc(O)cc1. The number of allylic oxidation sites excluding steroid dienone is 1. The number of halogens is 1. The molecule has 0 fully saturated rings. The first-order valence-corrected chi connectivity index (χ1v) is 11.1. The van der Waals surface area contributed by atoms with Crippen molar-refractivity contribution in [1.82, 2.24) is 9.97 Å². The maximum atomic E-state index is 13.2. The third kappa shape index (κ3) is 4.24. The van der Waals surface area contributed by atoms with Crippen LogP contribution in [0, 0.1) is 0 Å². The number of phenols is 1. The lowest BCUT2D eigenvalue weighted by molar-refractivity contribution is -0.136. The fourth-order valence-electron chi connectivity index (χ4n) is 3.64. The van der Waals surface area contributed by atoms with Crippen LogP contribution in [0.15, 0.2) is 69.8 Å². The third-order valence-electron chi connectivity index (χ3n) is 5.17. The largest absolute Gasteiger partial charge is 0.508 e. The lowest BCUT2D eigenvalue weighted by atomic mass is 9.82. The Hall–Kier alpha value is -3.23. The van der Waals surface area contributed by atoms with Gasteiger partial charge in [0.15, 0.2) is 5.16 Å². The number of nitrogens with zero attached hydrogens (tertiary/aromatic N) is 1. The minimum Gasteiger partial charge on any atom is -0.508 e. The Bertz CT molecular complexity index is 1270. The second-order valence-corrected chi connectivity index (χ2v) is 8.56. The van der Waals surface area contributed by atoms with Crippen LogP contribution in [0.5, 0.6) is 5.75 Å². The average molecular weight is 470 g/mol. The van der Waals surface area contributed by atoms with Crippen molar-refractivity contribution in [1.29, 1.82) is 0 Å². The van der Waals surface area contributed by atoms with Crippen LogP contribution >= 0.6 is 23.4 Å². The van der Waals surface area contributed by atoms with Crippen molar-refractivity contribution in [2.45, 2.75) is 23.8 Å². The molecule has 32 heavy (non-hydrogen) atoms. The summed E-state index contributed by atoms with van der Waals surface area (Å²) in [6.07, 6.45) is 0. The summed E-state index contributed by atoms with van der Waals surface area (Å²) in [5, 5.41) is 13.8. The summed E-state index contributed by atoms with van der Waals surface area (Å²) >= 11 is 7.58. The number of thioether (sulfide) groups is 1. The molecule has 0 saturated carbocycles.